The lowest BCUT2D eigenvalue weighted by Gasteiger charge is -2.29. The fraction of sp³-hybridized carbons (Fsp3) is 0.542. The quantitative estimate of drug-likeness (QED) is 0.473. The average Bonchev–Trinajstić information content (AvgIpc) is 3.44. The van der Waals surface area contributed by atoms with E-state index < -0.39 is 35.6 Å². The maximum atomic E-state index is 14.4. The third-order valence-electron chi connectivity index (χ3n) is 6.82. The minimum Gasteiger partial charge on any atom is -0.472 e. The van der Waals surface area contributed by atoms with Crippen LogP contribution in [0.4, 0.5) is 29.2 Å². The smallest absolute Gasteiger partial charge is 0.419 e. The number of ether oxygens (including phenoxy) is 1. The third-order valence-corrected chi connectivity index (χ3v) is 6.82. The Morgan fingerprint density at radius 3 is 2.61 bits per heavy atom. The van der Waals surface area contributed by atoms with Crippen molar-refractivity contribution >= 4 is 22.5 Å². The van der Waals surface area contributed by atoms with E-state index in [-0.39, 0.29) is 6.04 Å². The number of nitrogens with zero attached hydrogens (tertiary/aromatic N) is 5. The summed E-state index contributed by atoms with van der Waals surface area (Å²) in [6.07, 6.45) is 0.0957. The lowest BCUT2D eigenvalue weighted by atomic mass is 9.93. The lowest BCUT2D eigenvalue weighted by Crippen LogP contribution is -2.27. The summed E-state index contributed by atoms with van der Waals surface area (Å²) in [6, 6.07) is 2.60. The fourth-order valence-electron chi connectivity index (χ4n) is 5.03. The Balaban J connectivity index is 1.35. The van der Waals surface area contributed by atoms with Gasteiger partial charge in [0.25, 0.3) is 5.88 Å². The van der Waals surface area contributed by atoms with E-state index in [9.17, 15) is 22.7 Å². The molecule has 2 N–H and O–H groups in total. The molecule has 0 bridgehead atoms. The molecule has 1 saturated carbocycles. The number of aliphatic hydroxyl groups excluding tert-OH is 1. The first-order chi connectivity index (χ1) is 17.2. The van der Waals surface area contributed by atoms with Crippen LogP contribution in [0.1, 0.15) is 50.6 Å². The van der Waals surface area contributed by atoms with E-state index in [1.54, 1.807) is 6.20 Å². The van der Waals surface area contributed by atoms with Crippen molar-refractivity contribution in [1.82, 2.24) is 19.7 Å². The maximum Gasteiger partial charge on any atom is 0.419 e. The Hall–Kier alpha value is -3.15. The molecule has 0 spiro atoms. The van der Waals surface area contributed by atoms with Crippen LogP contribution < -0.4 is 15.0 Å². The summed E-state index contributed by atoms with van der Waals surface area (Å²) in [5.74, 6) is -0.576. The van der Waals surface area contributed by atoms with Gasteiger partial charge in [0.15, 0.2) is 11.6 Å². The number of nitrogens with one attached hydrogen (secondary N) is 1. The highest BCUT2D eigenvalue weighted by molar-refractivity contribution is 5.91. The zero-order valence-corrected chi connectivity index (χ0v) is 19.8. The fourth-order valence-corrected chi connectivity index (χ4v) is 5.03. The summed E-state index contributed by atoms with van der Waals surface area (Å²) in [7, 11) is 0. The van der Waals surface area contributed by atoms with Crippen LogP contribution in [0.3, 0.4) is 0 Å². The van der Waals surface area contributed by atoms with E-state index in [1.165, 1.54) is 0 Å². The van der Waals surface area contributed by atoms with Gasteiger partial charge in [-0.2, -0.15) is 18.3 Å². The van der Waals surface area contributed by atoms with Crippen molar-refractivity contribution in [3.05, 3.63) is 35.9 Å². The van der Waals surface area contributed by atoms with Crippen LogP contribution in [-0.4, -0.2) is 56.7 Å². The number of β-amino-alcohol motifs (C(OH)–C–C–N with tert-alkyl or cyclic N) is 1. The molecule has 5 rings (SSSR count). The zero-order chi connectivity index (χ0) is 25.4. The molecular formula is C24H28F4N6O2. The number of aliphatic hydroxyl groups is 1. The molecule has 0 amide bonds. The highest BCUT2D eigenvalue weighted by atomic mass is 19.4. The topological polar surface area (TPSA) is 88.3 Å². The van der Waals surface area contributed by atoms with E-state index in [0.29, 0.717) is 51.3 Å². The Morgan fingerprint density at radius 1 is 1.17 bits per heavy atom. The van der Waals surface area contributed by atoms with Crippen LogP contribution in [0.5, 0.6) is 5.88 Å². The monoisotopic (exact) mass is 508 g/mol. The molecule has 36 heavy (non-hydrogen) atoms. The van der Waals surface area contributed by atoms with Gasteiger partial charge in [0.05, 0.1) is 28.6 Å². The van der Waals surface area contributed by atoms with E-state index in [4.69, 9.17) is 9.84 Å². The van der Waals surface area contributed by atoms with Gasteiger partial charge >= 0.3 is 6.18 Å². The number of hydrogen-bond acceptors (Lipinski definition) is 7. The van der Waals surface area contributed by atoms with Gasteiger partial charge in [-0.25, -0.2) is 14.4 Å². The van der Waals surface area contributed by atoms with Crippen LogP contribution in [0.2, 0.25) is 0 Å². The normalized spacial score (nSPS) is 22.8. The molecule has 4 heterocycles. The Kier molecular flexibility index (Phi) is 6.62. The molecule has 0 radical (unpaired) electrons. The molecule has 2 aliphatic rings. The summed E-state index contributed by atoms with van der Waals surface area (Å²) >= 11 is 0. The first-order valence-corrected chi connectivity index (χ1v) is 12.2. The predicted molar refractivity (Wildman–Crippen MR) is 126 cm³/mol. The van der Waals surface area contributed by atoms with Crippen LogP contribution >= 0.6 is 0 Å². The van der Waals surface area contributed by atoms with Crippen molar-refractivity contribution in [2.24, 2.45) is 0 Å². The van der Waals surface area contributed by atoms with Gasteiger partial charge in [-0.1, -0.05) is 0 Å². The summed E-state index contributed by atoms with van der Waals surface area (Å²) < 4.78 is 61.0. The molecule has 3 aromatic heterocycles. The second-order valence-electron chi connectivity index (χ2n) is 9.30. The Morgan fingerprint density at radius 2 is 1.94 bits per heavy atom. The summed E-state index contributed by atoms with van der Waals surface area (Å²) in [6.45, 7) is 3.93. The summed E-state index contributed by atoms with van der Waals surface area (Å²) in [4.78, 5) is 10.3. The molecule has 3 aromatic rings. The number of aromatic nitrogens is 4. The number of hydrogen-bond donors (Lipinski definition) is 2. The molecule has 2 fully saturated rings. The number of pyridine rings is 2. The van der Waals surface area contributed by atoms with Crippen LogP contribution in [0.15, 0.2) is 24.5 Å². The number of alkyl halides is 3. The van der Waals surface area contributed by atoms with Gasteiger partial charge in [0, 0.05) is 38.1 Å². The second-order valence-corrected chi connectivity index (χ2v) is 9.30. The predicted octanol–water partition coefficient (Wildman–Crippen LogP) is 4.55. The number of anilines is 2. The van der Waals surface area contributed by atoms with Crippen molar-refractivity contribution < 1.29 is 27.4 Å². The molecule has 1 aliphatic carbocycles. The third kappa shape index (κ3) is 4.78. The lowest BCUT2D eigenvalue weighted by molar-refractivity contribution is -0.140. The highest BCUT2D eigenvalue weighted by Crippen LogP contribution is 2.38. The van der Waals surface area contributed by atoms with Crippen LogP contribution in [0, 0.1) is 5.82 Å². The first kappa shape index (κ1) is 24.5. The number of rotatable bonds is 6. The number of halogens is 4. The van der Waals surface area contributed by atoms with Gasteiger partial charge in [0.1, 0.15) is 11.9 Å². The Labute approximate surface area is 205 Å². The van der Waals surface area contributed by atoms with Gasteiger partial charge in [-0.15, -0.1) is 0 Å². The molecule has 0 aromatic carbocycles. The molecule has 0 unspecified atom stereocenters. The number of fused-ring (bicyclic) bond motifs is 1. The standard InChI is InChI=1S/C24H28F4N6O2/c1-2-29-20-11-19-17(12-31-20)22(33-10-8-15(35)13-33)32-34(19)14-3-5-16(6-4-14)36-23-21(25)18(7-9-30-23)24(26,27)28/h7,9,11-12,14-16,35H,2-6,8,10,13H2,1H3,(H,29,31)/t14?,15-,16?/m1/s1. The maximum absolute atomic E-state index is 14.4. The average molecular weight is 509 g/mol. The minimum atomic E-state index is -4.81. The van der Waals surface area contributed by atoms with Crippen molar-refractivity contribution in [2.45, 2.75) is 63.5 Å². The van der Waals surface area contributed by atoms with Crippen LogP contribution in [-0.2, 0) is 6.18 Å². The van der Waals surface area contributed by atoms with Crippen molar-refractivity contribution in [3.8, 4) is 5.88 Å². The van der Waals surface area contributed by atoms with E-state index in [2.05, 4.69) is 20.2 Å². The van der Waals surface area contributed by atoms with Crippen molar-refractivity contribution in [1.29, 1.82) is 0 Å². The van der Waals surface area contributed by atoms with Gasteiger partial charge < -0.3 is 20.1 Å². The van der Waals surface area contributed by atoms with E-state index in [0.717, 1.165) is 35.3 Å². The van der Waals surface area contributed by atoms with Gasteiger partial charge in [-0.3, -0.25) is 4.68 Å². The molecule has 1 atom stereocenters. The van der Waals surface area contributed by atoms with Gasteiger partial charge in [0.2, 0.25) is 0 Å². The van der Waals surface area contributed by atoms with E-state index >= 15 is 0 Å². The van der Waals surface area contributed by atoms with Gasteiger partial charge in [-0.05, 0) is 45.1 Å². The summed E-state index contributed by atoms with van der Waals surface area (Å²) in [5.41, 5.74) is -0.457. The van der Waals surface area contributed by atoms with E-state index in [1.807, 2.05) is 17.7 Å². The minimum absolute atomic E-state index is 0.0322. The molecule has 1 saturated heterocycles. The Bertz CT molecular complexity index is 1230. The molecule has 1 aliphatic heterocycles. The molecule has 194 valence electrons. The molecular weight excluding hydrogens is 480 g/mol. The molecule has 8 nitrogen and oxygen atoms in total. The highest BCUT2D eigenvalue weighted by Gasteiger charge is 2.37. The van der Waals surface area contributed by atoms with Crippen molar-refractivity contribution in [2.75, 3.05) is 29.9 Å². The first-order valence-electron chi connectivity index (χ1n) is 12.2. The van der Waals surface area contributed by atoms with Crippen molar-refractivity contribution in [3.63, 3.8) is 0 Å². The largest absolute Gasteiger partial charge is 0.472 e. The SMILES string of the molecule is CCNc1cc2c(cn1)c(N1CC[C@@H](O)C1)nn2C1CCC(Oc2nccc(C(F)(F)F)c2F)CC1. The van der Waals surface area contributed by atoms with Crippen LogP contribution in [0.25, 0.3) is 10.9 Å². The molecule has 12 heteroatoms. The zero-order valence-electron chi connectivity index (χ0n) is 19.8. The second kappa shape index (κ2) is 9.72. The summed E-state index contributed by atoms with van der Waals surface area (Å²) in [5, 5.41) is 19.1.